The van der Waals surface area contributed by atoms with Gasteiger partial charge >= 0.3 is 0 Å². The molecule has 1 aromatic carbocycles. The Balaban J connectivity index is 2.16. The summed E-state index contributed by atoms with van der Waals surface area (Å²) in [4.78, 5) is 20.6. The first-order valence-corrected chi connectivity index (χ1v) is 9.15. The van der Waals surface area contributed by atoms with E-state index in [2.05, 4.69) is 16.5 Å². The van der Waals surface area contributed by atoms with Gasteiger partial charge in [0.05, 0.1) is 5.57 Å². The second kappa shape index (κ2) is 7.95. The van der Waals surface area contributed by atoms with Crippen LogP contribution in [0.1, 0.15) is 31.1 Å². The molecule has 3 aromatic rings. The van der Waals surface area contributed by atoms with Crippen molar-refractivity contribution in [3.8, 4) is 11.1 Å². The standard InChI is InChI=1S/C23H20ClFN2O/c1-5-14(4)20(21(25)13(2)3)22(28)19-12-27-23-18(19)10-16(11-26-23)15-6-8-17(24)9-7-15/h5-12H,1H2,2-4H3,(H,26,27)/b20-14+. The fourth-order valence-corrected chi connectivity index (χ4v) is 3.06. The lowest BCUT2D eigenvalue weighted by molar-refractivity contribution is 0.103. The predicted molar refractivity (Wildman–Crippen MR) is 113 cm³/mol. The number of carbonyl (C=O) groups is 1. The first kappa shape index (κ1) is 19.8. The molecule has 0 spiro atoms. The summed E-state index contributed by atoms with van der Waals surface area (Å²) in [7, 11) is 0. The molecule has 0 amide bonds. The summed E-state index contributed by atoms with van der Waals surface area (Å²) in [6.45, 7) is 8.62. The Morgan fingerprint density at radius 3 is 2.46 bits per heavy atom. The molecule has 28 heavy (non-hydrogen) atoms. The number of hydrogen-bond acceptors (Lipinski definition) is 2. The van der Waals surface area contributed by atoms with Crippen molar-refractivity contribution in [2.75, 3.05) is 0 Å². The summed E-state index contributed by atoms with van der Waals surface area (Å²) in [5.74, 6) is -0.934. The molecule has 0 atom stereocenters. The van der Waals surface area contributed by atoms with Crippen molar-refractivity contribution in [1.29, 1.82) is 0 Å². The van der Waals surface area contributed by atoms with Crippen molar-refractivity contribution >= 4 is 28.4 Å². The van der Waals surface area contributed by atoms with Crippen LogP contribution in [0.2, 0.25) is 5.02 Å². The third-order valence-electron chi connectivity index (χ3n) is 4.54. The zero-order valence-corrected chi connectivity index (χ0v) is 16.7. The van der Waals surface area contributed by atoms with Gasteiger partial charge in [0.1, 0.15) is 11.5 Å². The zero-order chi connectivity index (χ0) is 20.4. The lowest BCUT2D eigenvalue weighted by Crippen LogP contribution is -2.07. The molecule has 2 heterocycles. The maximum Gasteiger partial charge on any atom is 0.198 e. The lowest BCUT2D eigenvalue weighted by Gasteiger charge is -2.09. The Kier molecular flexibility index (Phi) is 5.61. The summed E-state index contributed by atoms with van der Waals surface area (Å²) in [5.41, 5.74) is 3.63. The summed E-state index contributed by atoms with van der Waals surface area (Å²) in [6, 6.07) is 9.23. The third-order valence-corrected chi connectivity index (χ3v) is 4.79. The molecule has 3 rings (SSSR count). The highest BCUT2D eigenvalue weighted by Crippen LogP contribution is 2.30. The van der Waals surface area contributed by atoms with Crippen LogP contribution in [0.25, 0.3) is 22.2 Å². The first-order chi connectivity index (χ1) is 13.3. The van der Waals surface area contributed by atoms with Crippen molar-refractivity contribution in [2.45, 2.75) is 20.8 Å². The SMILES string of the molecule is C=C/C(C)=C(/C(=O)c1c[nH]c2ncc(-c3ccc(Cl)cc3)cc12)C(F)=C(C)C. The van der Waals surface area contributed by atoms with Gasteiger partial charge in [-0.25, -0.2) is 9.37 Å². The van der Waals surface area contributed by atoms with Gasteiger partial charge < -0.3 is 4.98 Å². The molecule has 0 aliphatic carbocycles. The number of pyridine rings is 1. The van der Waals surface area contributed by atoms with Gasteiger partial charge in [-0.1, -0.05) is 36.4 Å². The highest BCUT2D eigenvalue weighted by Gasteiger charge is 2.23. The van der Waals surface area contributed by atoms with Gasteiger partial charge in [-0.2, -0.15) is 0 Å². The van der Waals surface area contributed by atoms with E-state index in [1.54, 1.807) is 45.3 Å². The van der Waals surface area contributed by atoms with E-state index in [4.69, 9.17) is 11.6 Å². The van der Waals surface area contributed by atoms with E-state index in [1.165, 1.54) is 6.08 Å². The number of aromatic nitrogens is 2. The topological polar surface area (TPSA) is 45.8 Å². The minimum atomic E-state index is -0.529. The van der Waals surface area contributed by atoms with Gasteiger partial charge in [-0.05, 0) is 55.7 Å². The molecule has 0 saturated heterocycles. The van der Waals surface area contributed by atoms with Crippen LogP contribution in [0.15, 0.2) is 77.9 Å². The van der Waals surface area contributed by atoms with Crippen molar-refractivity contribution in [2.24, 2.45) is 0 Å². The molecule has 1 N–H and O–H groups in total. The fourth-order valence-electron chi connectivity index (χ4n) is 2.93. The molecule has 0 aliphatic rings. The van der Waals surface area contributed by atoms with Gasteiger partial charge in [0, 0.05) is 33.9 Å². The predicted octanol–water partition coefficient (Wildman–Crippen LogP) is 6.83. The maximum absolute atomic E-state index is 14.8. The zero-order valence-electron chi connectivity index (χ0n) is 15.9. The number of fused-ring (bicyclic) bond motifs is 1. The van der Waals surface area contributed by atoms with Crippen LogP contribution in [0, 0.1) is 0 Å². The maximum atomic E-state index is 14.8. The van der Waals surface area contributed by atoms with Gasteiger partial charge in [-0.15, -0.1) is 0 Å². The van der Waals surface area contributed by atoms with Crippen LogP contribution >= 0.6 is 11.6 Å². The Bertz CT molecular complexity index is 1130. The van der Waals surface area contributed by atoms with Gasteiger partial charge in [0.2, 0.25) is 0 Å². The second-order valence-electron chi connectivity index (χ2n) is 6.73. The molecule has 0 radical (unpaired) electrons. The van der Waals surface area contributed by atoms with Crippen LogP contribution in [0.5, 0.6) is 0 Å². The minimum absolute atomic E-state index is 0.0211. The number of carbonyl (C=O) groups excluding carboxylic acids is 1. The van der Waals surface area contributed by atoms with Crippen molar-refractivity contribution < 1.29 is 9.18 Å². The highest BCUT2D eigenvalue weighted by atomic mass is 35.5. The number of aromatic amines is 1. The van der Waals surface area contributed by atoms with Gasteiger partial charge in [0.25, 0.3) is 0 Å². The Labute approximate surface area is 168 Å². The molecule has 5 heteroatoms. The van der Waals surface area contributed by atoms with Crippen LogP contribution in [-0.2, 0) is 0 Å². The average Bonchev–Trinajstić information content (AvgIpc) is 3.11. The molecule has 2 aromatic heterocycles. The summed E-state index contributed by atoms with van der Waals surface area (Å²) in [6.07, 6.45) is 4.78. The van der Waals surface area contributed by atoms with E-state index in [0.29, 0.717) is 32.8 Å². The molecule has 142 valence electrons. The number of benzene rings is 1. The molecule has 0 fully saturated rings. The normalized spacial score (nSPS) is 11.9. The average molecular weight is 395 g/mol. The quantitative estimate of drug-likeness (QED) is 0.293. The Morgan fingerprint density at radius 1 is 1.18 bits per heavy atom. The lowest BCUT2D eigenvalue weighted by atomic mass is 9.95. The number of H-pyrrole nitrogens is 1. The largest absolute Gasteiger partial charge is 0.345 e. The van der Waals surface area contributed by atoms with Crippen molar-refractivity contribution in [3.63, 3.8) is 0 Å². The number of nitrogens with zero attached hydrogens (tertiary/aromatic N) is 1. The van der Waals surface area contributed by atoms with Gasteiger partial charge in [0.15, 0.2) is 5.78 Å². The molecular weight excluding hydrogens is 375 g/mol. The number of nitrogens with one attached hydrogen (secondary N) is 1. The monoisotopic (exact) mass is 394 g/mol. The van der Waals surface area contributed by atoms with E-state index in [9.17, 15) is 9.18 Å². The third kappa shape index (κ3) is 3.69. The van der Waals surface area contributed by atoms with E-state index in [-0.39, 0.29) is 5.57 Å². The Morgan fingerprint density at radius 2 is 1.86 bits per heavy atom. The van der Waals surface area contributed by atoms with E-state index in [0.717, 1.165) is 11.1 Å². The second-order valence-corrected chi connectivity index (χ2v) is 7.17. The van der Waals surface area contributed by atoms with E-state index >= 15 is 0 Å². The molecule has 0 saturated carbocycles. The number of ketones is 1. The molecular formula is C23H20ClFN2O. The molecule has 0 unspecified atom stereocenters. The van der Waals surface area contributed by atoms with E-state index in [1.807, 2.05) is 18.2 Å². The Hall–Kier alpha value is -2.98. The number of halogens is 2. The summed E-state index contributed by atoms with van der Waals surface area (Å²) in [5, 5.41) is 1.27. The summed E-state index contributed by atoms with van der Waals surface area (Å²) < 4.78 is 14.8. The minimum Gasteiger partial charge on any atom is -0.345 e. The smallest absolute Gasteiger partial charge is 0.198 e. The summed E-state index contributed by atoms with van der Waals surface area (Å²) >= 11 is 5.96. The molecule has 0 aliphatic heterocycles. The fraction of sp³-hybridized carbons (Fsp3) is 0.130. The number of allylic oxidation sites excluding steroid dienone is 5. The molecule has 3 nitrogen and oxygen atoms in total. The van der Waals surface area contributed by atoms with Gasteiger partial charge in [-0.3, -0.25) is 4.79 Å². The van der Waals surface area contributed by atoms with E-state index < -0.39 is 11.6 Å². The van der Waals surface area contributed by atoms with Crippen molar-refractivity contribution in [1.82, 2.24) is 9.97 Å². The van der Waals surface area contributed by atoms with Crippen LogP contribution < -0.4 is 0 Å². The highest BCUT2D eigenvalue weighted by molar-refractivity contribution is 6.30. The number of Topliss-reactive ketones (excluding diaryl/α,β-unsaturated/α-hetero) is 1. The van der Waals surface area contributed by atoms with Crippen LogP contribution in [0.3, 0.4) is 0 Å². The first-order valence-electron chi connectivity index (χ1n) is 8.78. The molecule has 0 bridgehead atoms. The number of rotatable bonds is 5. The van der Waals surface area contributed by atoms with Crippen molar-refractivity contribution in [3.05, 3.63) is 88.5 Å². The van der Waals surface area contributed by atoms with Crippen LogP contribution in [0.4, 0.5) is 4.39 Å². The van der Waals surface area contributed by atoms with Crippen LogP contribution in [-0.4, -0.2) is 15.8 Å². The number of hydrogen-bond donors (Lipinski definition) is 1.